The Morgan fingerprint density at radius 3 is 2.28 bits per heavy atom. The number of rotatable bonds is 7. The molecule has 7 unspecified atom stereocenters. The molecule has 1 heterocycles. The van der Waals surface area contributed by atoms with Gasteiger partial charge < -0.3 is 60.2 Å². The number of hydrogen-bond donors (Lipinski definition) is 9. The van der Waals surface area contributed by atoms with Crippen molar-refractivity contribution in [2.45, 2.75) is 67.5 Å². The molecule has 9 N–H and O–H groups in total. The highest BCUT2D eigenvalue weighted by Gasteiger charge is 2.50. The van der Waals surface area contributed by atoms with Crippen LogP contribution in [0.1, 0.15) is 18.4 Å². The number of aliphatic carboxylic acids is 1. The van der Waals surface area contributed by atoms with Crippen molar-refractivity contribution in [2.24, 2.45) is 0 Å². The van der Waals surface area contributed by atoms with Crippen LogP contribution in [0.5, 0.6) is 11.5 Å². The van der Waals surface area contributed by atoms with E-state index in [1.54, 1.807) is 0 Å². The summed E-state index contributed by atoms with van der Waals surface area (Å²) in [5.74, 6) is -3.27. The van der Waals surface area contributed by atoms with Gasteiger partial charge in [-0.2, -0.15) is 0 Å². The van der Waals surface area contributed by atoms with E-state index in [1.807, 2.05) is 0 Å². The third-order valence-corrected chi connectivity index (χ3v) is 5.99. The van der Waals surface area contributed by atoms with Crippen LogP contribution in [-0.2, 0) is 19.1 Å². The molecule has 0 radical (unpaired) electrons. The molecule has 1 aromatic carbocycles. The minimum Gasteiger partial charge on any atom is -0.504 e. The van der Waals surface area contributed by atoms with Gasteiger partial charge in [0.1, 0.15) is 24.4 Å². The van der Waals surface area contributed by atoms with Crippen molar-refractivity contribution in [3.8, 4) is 11.5 Å². The lowest BCUT2D eigenvalue weighted by Crippen LogP contribution is -2.60. The SMILES string of the molecule is O=C(C=Cc1ccc(O)c(OC2OC(CO)C(O)C(O)C2O)c1)OC1C(O)CC(O)(C(=O)O)CC1O. The zero-order valence-corrected chi connectivity index (χ0v) is 18.7. The van der Waals surface area contributed by atoms with Gasteiger partial charge >= 0.3 is 11.9 Å². The normalized spacial score (nSPS) is 37.0. The summed E-state index contributed by atoms with van der Waals surface area (Å²) < 4.78 is 15.6. The Bertz CT molecular complexity index is 965. The lowest BCUT2D eigenvalue weighted by atomic mass is 9.79. The molecule has 0 spiro atoms. The number of aromatic hydroxyl groups is 1. The van der Waals surface area contributed by atoms with E-state index in [1.165, 1.54) is 24.3 Å². The summed E-state index contributed by atoms with van der Waals surface area (Å²) in [4.78, 5) is 23.3. The molecule has 1 saturated heterocycles. The second-order valence-electron chi connectivity index (χ2n) is 8.66. The number of carbonyl (C=O) groups excluding carboxylic acids is 1. The van der Waals surface area contributed by atoms with Gasteiger partial charge in [-0.05, 0) is 23.8 Å². The molecule has 14 heteroatoms. The highest BCUT2D eigenvalue weighted by Crippen LogP contribution is 2.33. The molecular weight excluding hydrogens is 488 g/mol. The molecule has 2 fully saturated rings. The number of esters is 1. The molecule has 2 aliphatic rings. The maximum atomic E-state index is 12.2. The highest BCUT2D eigenvalue weighted by atomic mass is 16.7. The third kappa shape index (κ3) is 5.93. The molecule has 3 rings (SSSR count). The number of carboxylic acids is 1. The minimum absolute atomic E-state index is 0.235. The Labute approximate surface area is 203 Å². The van der Waals surface area contributed by atoms with Gasteiger partial charge in [-0.25, -0.2) is 9.59 Å². The second-order valence-corrected chi connectivity index (χ2v) is 8.66. The summed E-state index contributed by atoms with van der Waals surface area (Å²) in [5.41, 5.74) is -2.09. The van der Waals surface area contributed by atoms with Crippen LogP contribution in [0.25, 0.3) is 6.08 Å². The van der Waals surface area contributed by atoms with E-state index < -0.39 is 91.8 Å². The maximum Gasteiger partial charge on any atom is 0.335 e. The Kier molecular flexibility index (Phi) is 8.53. The van der Waals surface area contributed by atoms with Gasteiger partial charge in [0.05, 0.1) is 18.8 Å². The number of aliphatic hydroxyl groups excluding tert-OH is 6. The van der Waals surface area contributed by atoms with Gasteiger partial charge in [0.2, 0.25) is 6.29 Å². The molecule has 36 heavy (non-hydrogen) atoms. The highest BCUT2D eigenvalue weighted by molar-refractivity contribution is 5.87. The Morgan fingerprint density at radius 1 is 1.06 bits per heavy atom. The quantitative estimate of drug-likeness (QED) is 0.128. The van der Waals surface area contributed by atoms with Crippen molar-refractivity contribution in [1.29, 1.82) is 0 Å². The van der Waals surface area contributed by atoms with E-state index in [-0.39, 0.29) is 11.3 Å². The number of phenolic OH excluding ortho intramolecular Hbond substituents is 1. The predicted octanol–water partition coefficient (Wildman–Crippen LogP) is -3.17. The van der Waals surface area contributed by atoms with E-state index in [9.17, 15) is 50.4 Å². The van der Waals surface area contributed by atoms with Gasteiger partial charge in [0.15, 0.2) is 23.2 Å². The summed E-state index contributed by atoms with van der Waals surface area (Å²) in [6.45, 7) is -0.679. The molecule has 1 aliphatic heterocycles. The lowest BCUT2D eigenvalue weighted by molar-refractivity contribution is -0.277. The fourth-order valence-electron chi connectivity index (χ4n) is 3.95. The van der Waals surface area contributed by atoms with Crippen LogP contribution in [0.2, 0.25) is 0 Å². The lowest BCUT2D eigenvalue weighted by Gasteiger charge is -2.39. The molecule has 1 saturated carbocycles. The van der Waals surface area contributed by atoms with Gasteiger partial charge in [0.25, 0.3) is 0 Å². The molecule has 7 atom stereocenters. The standard InChI is InChI=1S/C22H28O14/c23-8-14-16(28)17(29)18(30)20(35-14)34-13-5-9(1-3-10(13)24)2-4-15(27)36-19-11(25)6-22(33,21(31)32)7-12(19)26/h1-5,11-12,14,16-20,23-26,28-30,33H,6-8H2,(H,31,32). The average Bonchev–Trinajstić information content (AvgIpc) is 2.82. The molecule has 0 aromatic heterocycles. The first-order valence-electron chi connectivity index (χ1n) is 10.9. The topological polar surface area (TPSA) is 244 Å². The number of ether oxygens (including phenoxy) is 3. The Morgan fingerprint density at radius 2 is 1.69 bits per heavy atom. The average molecular weight is 516 g/mol. The maximum absolute atomic E-state index is 12.2. The summed E-state index contributed by atoms with van der Waals surface area (Å²) in [5, 5.41) is 88.3. The molecule has 0 bridgehead atoms. The van der Waals surface area contributed by atoms with Crippen LogP contribution in [-0.4, -0.2) is 119 Å². The molecule has 14 nitrogen and oxygen atoms in total. The van der Waals surface area contributed by atoms with Gasteiger partial charge in [-0.15, -0.1) is 0 Å². The van der Waals surface area contributed by atoms with Gasteiger partial charge in [0, 0.05) is 18.9 Å². The van der Waals surface area contributed by atoms with Crippen molar-refractivity contribution in [2.75, 3.05) is 6.61 Å². The third-order valence-electron chi connectivity index (χ3n) is 5.99. The first-order chi connectivity index (χ1) is 16.9. The van der Waals surface area contributed by atoms with Crippen molar-refractivity contribution in [3.63, 3.8) is 0 Å². The molecule has 200 valence electrons. The molecule has 1 aromatic rings. The summed E-state index contributed by atoms with van der Waals surface area (Å²) in [7, 11) is 0. The number of carboxylic acid groups (broad SMARTS) is 1. The fraction of sp³-hybridized carbons (Fsp3) is 0.545. The number of phenols is 1. The van der Waals surface area contributed by atoms with Gasteiger partial charge in [-0.3, -0.25) is 0 Å². The predicted molar refractivity (Wildman–Crippen MR) is 115 cm³/mol. The minimum atomic E-state index is -2.36. The molecule has 1 aliphatic carbocycles. The van der Waals surface area contributed by atoms with Crippen LogP contribution >= 0.6 is 0 Å². The Hall–Kier alpha value is -2.82. The number of aliphatic hydroxyl groups is 7. The second kappa shape index (κ2) is 11.1. The smallest absolute Gasteiger partial charge is 0.335 e. The van der Waals surface area contributed by atoms with E-state index in [2.05, 4.69) is 0 Å². The zero-order valence-electron chi connectivity index (χ0n) is 18.7. The molecule has 0 amide bonds. The van der Waals surface area contributed by atoms with E-state index in [0.717, 1.165) is 6.08 Å². The van der Waals surface area contributed by atoms with Crippen molar-refractivity contribution < 1.29 is 69.8 Å². The monoisotopic (exact) mass is 516 g/mol. The van der Waals surface area contributed by atoms with Crippen LogP contribution in [0.4, 0.5) is 0 Å². The number of hydrogen-bond acceptors (Lipinski definition) is 13. The van der Waals surface area contributed by atoms with Crippen LogP contribution in [0, 0.1) is 0 Å². The van der Waals surface area contributed by atoms with E-state index in [0.29, 0.717) is 0 Å². The van der Waals surface area contributed by atoms with E-state index in [4.69, 9.17) is 19.3 Å². The van der Waals surface area contributed by atoms with Crippen LogP contribution in [0.3, 0.4) is 0 Å². The van der Waals surface area contributed by atoms with Crippen molar-refractivity contribution >= 4 is 18.0 Å². The zero-order chi connectivity index (χ0) is 26.8. The summed E-state index contributed by atoms with van der Waals surface area (Å²) >= 11 is 0. The first kappa shape index (κ1) is 27.8. The summed E-state index contributed by atoms with van der Waals surface area (Å²) in [6.07, 6.45) is -11.7. The summed E-state index contributed by atoms with van der Waals surface area (Å²) in [6, 6.07) is 3.79. The number of benzene rings is 1. The van der Waals surface area contributed by atoms with E-state index >= 15 is 0 Å². The van der Waals surface area contributed by atoms with Crippen LogP contribution in [0.15, 0.2) is 24.3 Å². The fourth-order valence-corrected chi connectivity index (χ4v) is 3.95. The first-order valence-corrected chi connectivity index (χ1v) is 10.9. The Balaban J connectivity index is 1.66. The van der Waals surface area contributed by atoms with Gasteiger partial charge in [-0.1, -0.05) is 6.07 Å². The van der Waals surface area contributed by atoms with Crippen LogP contribution < -0.4 is 4.74 Å². The van der Waals surface area contributed by atoms with Crippen molar-refractivity contribution in [3.05, 3.63) is 29.8 Å². The number of carbonyl (C=O) groups is 2. The molecular formula is C22H28O14. The van der Waals surface area contributed by atoms with Crippen molar-refractivity contribution in [1.82, 2.24) is 0 Å². The largest absolute Gasteiger partial charge is 0.504 e.